The number of likely N-dealkylation sites (tertiary alicyclic amines) is 1. The van der Waals surface area contributed by atoms with E-state index in [1.807, 2.05) is 0 Å². The van der Waals surface area contributed by atoms with Crippen molar-refractivity contribution in [1.82, 2.24) is 10.2 Å². The van der Waals surface area contributed by atoms with E-state index in [4.69, 9.17) is 0 Å². The number of aliphatic hydroxyl groups is 1. The molecule has 1 aromatic rings. The van der Waals surface area contributed by atoms with Crippen LogP contribution < -0.4 is 10.2 Å². The van der Waals surface area contributed by atoms with Gasteiger partial charge in [0, 0.05) is 26.2 Å². The van der Waals surface area contributed by atoms with E-state index in [0.29, 0.717) is 30.9 Å². The number of piperidine rings is 1. The molecule has 164 valence electrons. The fraction of sp³-hybridized carbons (Fsp3) is 0.500. The summed E-state index contributed by atoms with van der Waals surface area (Å²) in [6.45, 7) is 11.6. The van der Waals surface area contributed by atoms with Crippen LogP contribution in [-0.2, 0) is 4.79 Å². The number of carbonyl (C=O) groups is 1. The number of nitrogens with zero attached hydrogens (tertiary/aromatic N) is 2. The Hall–Kier alpha value is -2.53. The largest absolute Gasteiger partial charge is 0.396 e. The van der Waals surface area contributed by atoms with E-state index in [2.05, 4.69) is 59.8 Å². The Morgan fingerprint density at radius 2 is 1.90 bits per heavy atom. The van der Waals surface area contributed by atoms with Gasteiger partial charge in [-0.05, 0) is 73.1 Å². The summed E-state index contributed by atoms with van der Waals surface area (Å²) in [4.78, 5) is 18.0. The van der Waals surface area contributed by atoms with Gasteiger partial charge in [0.1, 0.15) is 5.82 Å². The van der Waals surface area contributed by atoms with Crippen LogP contribution in [0.15, 0.2) is 59.1 Å². The highest BCUT2D eigenvalue weighted by Crippen LogP contribution is 2.55. The number of benzene rings is 1. The van der Waals surface area contributed by atoms with Gasteiger partial charge in [-0.2, -0.15) is 0 Å². The predicted molar refractivity (Wildman–Crippen MR) is 123 cm³/mol. The van der Waals surface area contributed by atoms with Crippen LogP contribution in [0.2, 0.25) is 0 Å². The third kappa shape index (κ3) is 3.21. The molecule has 0 bridgehead atoms. The van der Waals surface area contributed by atoms with Gasteiger partial charge in [0.2, 0.25) is 0 Å². The van der Waals surface area contributed by atoms with E-state index in [1.54, 1.807) is 0 Å². The Labute approximate surface area is 185 Å². The molecule has 4 aliphatic rings. The van der Waals surface area contributed by atoms with Crippen molar-refractivity contribution < 1.29 is 9.90 Å². The second kappa shape index (κ2) is 7.86. The highest BCUT2D eigenvalue weighted by atomic mass is 16.3. The number of hydrogen-bond acceptors (Lipinski definition) is 4. The standard InChI is InChI=1S/C26H33N3O2/c1-4-12-27-25(31)24-17(3)29(23-11-6-5-8-16(23)2)26(19-10-7-9-18(19)24)28-13-20-21(14-28)22(20)15-30/h5-6,8,11,20-22,30H,3-4,7,9-10,12-15H2,1-2H3,(H,27,31)/t20-,21+,22?. The molecule has 0 spiro atoms. The molecule has 2 N–H and O–H groups in total. The molecular weight excluding hydrogens is 386 g/mol. The fourth-order valence-corrected chi connectivity index (χ4v) is 5.91. The monoisotopic (exact) mass is 419 g/mol. The van der Waals surface area contributed by atoms with Crippen molar-refractivity contribution in [2.75, 3.05) is 31.1 Å². The molecule has 3 atom stereocenters. The molecule has 0 aromatic heterocycles. The highest BCUT2D eigenvalue weighted by molar-refractivity contribution is 6.02. The van der Waals surface area contributed by atoms with Gasteiger partial charge in [-0.3, -0.25) is 9.69 Å². The van der Waals surface area contributed by atoms with Gasteiger partial charge in [-0.1, -0.05) is 31.7 Å². The molecule has 31 heavy (non-hydrogen) atoms. The molecule has 1 amide bonds. The number of fused-ring (bicyclic) bond motifs is 2. The first-order chi connectivity index (χ1) is 15.1. The summed E-state index contributed by atoms with van der Waals surface area (Å²) in [5.41, 5.74) is 6.34. The lowest BCUT2D eigenvalue weighted by atomic mass is 9.93. The number of hydrogen-bond donors (Lipinski definition) is 2. The number of carbonyl (C=O) groups excluding carboxylic acids is 1. The first-order valence-corrected chi connectivity index (χ1v) is 11.7. The molecule has 2 aliphatic carbocycles. The topological polar surface area (TPSA) is 55.8 Å². The number of para-hydroxylation sites is 1. The van der Waals surface area contributed by atoms with Gasteiger partial charge in [-0.25, -0.2) is 0 Å². The van der Waals surface area contributed by atoms with E-state index < -0.39 is 0 Å². The van der Waals surface area contributed by atoms with Crippen LogP contribution in [0, 0.1) is 24.7 Å². The minimum Gasteiger partial charge on any atom is -0.396 e. The molecule has 1 saturated heterocycles. The van der Waals surface area contributed by atoms with Gasteiger partial charge in [-0.15, -0.1) is 0 Å². The molecule has 1 unspecified atom stereocenters. The smallest absolute Gasteiger partial charge is 0.253 e. The van der Waals surface area contributed by atoms with Crippen LogP contribution in [-0.4, -0.2) is 42.2 Å². The minimum absolute atomic E-state index is 0.00324. The molecule has 1 aromatic carbocycles. The Morgan fingerprint density at radius 3 is 2.58 bits per heavy atom. The fourth-order valence-electron chi connectivity index (χ4n) is 5.91. The zero-order chi connectivity index (χ0) is 21.7. The third-order valence-electron chi connectivity index (χ3n) is 7.56. The lowest BCUT2D eigenvalue weighted by Gasteiger charge is -2.41. The zero-order valence-electron chi connectivity index (χ0n) is 18.7. The van der Waals surface area contributed by atoms with Gasteiger partial charge in [0.15, 0.2) is 0 Å². The van der Waals surface area contributed by atoms with Crippen LogP contribution in [0.5, 0.6) is 0 Å². The van der Waals surface area contributed by atoms with E-state index in [1.165, 1.54) is 22.5 Å². The van der Waals surface area contributed by atoms with Gasteiger partial charge < -0.3 is 15.3 Å². The second-order valence-electron chi connectivity index (χ2n) is 9.41. The summed E-state index contributed by atoms with van der Waals surface area (Å²) in [5, 5.41) is 12.7. The Kier molecular flexibility index (Phi) is 5.17. The van der Waals surface area contributed by atoms with Crippen molar-refractivity contribution in [3.05, 3.63) is 64.6 Å². The molecular formula is C26H33N3O2. The van der Waals surface area contributed by atoms with Gasteiger partial charge >= 0.3 is 0 Å². The van der Waals surface area contributed by atoms with Crippen molar-refractivity contribution in [3.63, 3.8) is 0 Å². The molecule has 2 heterocycles. The maximum Gasteiger partial charge on any atom is 0.253 e. The molecule has 5 heteroatoms. The Bertz CT molecular complexity index is 980. The predicted octanol–water partition coefficient (Wildman–Crippen LogP) is 3.72. The maximum atomic E-state index is 13.2. The summed E-state index contributed by atoms with van der Waals surface area (Å²) in [5.74, 6) is 2.88. The van der Waals surface area contributed by atoms with Crippen molar-refractivity contribution in [2.45, 2.75) is 39.5 Å². The van der Waals surface area contributed by atoms with Crippen LogP contribution in [0.25, 0.3) is 0 Å². The number of allylic oxidation sites excluding steroid dienone is 2. The van der Waals surface area contributed by atoms with Gasteiger partial charge in [0.25, 0.3) is 5.91 Å². The second-order valence-corrected chi connectivity index (χ2v) is 9.41. The van der Waals surface area contributed by atoms with E-state index in [0.717, 1.165) is 55.7 Å². The van der Waals surface area contributed by atoms with E-state index in [9.17, 15) is 9.90 Å². The van der Waals surface area contributed by atoms with Crippen molar-refractivity contribution >= 4 is 11.6 Å². The average molecular weight is 420 g/mol. The number of aliphatic hydroxyl groups excluding tert-OH is 1. The number of anilines is 1. The quantitative estimate of drug-likeness (QED) is 0.738. The third-order valence-corrected chi connectivity index (χ3v) is 7.56. The van der Waals surface area contributed by atoms with E-state index in [-0.39, 0.29) is 5.91 Å². The zero-order valence-corrected chi connectivity index (χ0v) is 18.7. The van der Waals surface area contributed by atoms with Crippen molar-refractivity contribution in [1.29, 1.82) is 0 Å². The van der Waals surface area contributed by atoms with Crippen LogP contribution in [0.4, 0.5) is 5.69 Å². The highest BCUT2D eigenvalue weighted by Gasteiger charge is 2.56. The molecule has 2 saturated carbocycles. The van der Waals surface area contributed by atoms with Crippen LogP contribution in [0.1, 0.15) is 38.2 Å². The molecule has 0 radical (unpaired) electrons. The lowest BCUT2D eigenvalue weighted by molar-refractivity contribution is -0.117. The maximum absolute atomic E-state index is 13.2. The molecule has 3 fully saturated rings. The molecule has 2 aliphatic heterocycles. The SMILES string of the molecule is C=C1C(C(=O)NCCC)=C2CCCC2=C(N2C[C@@H]3C(CO)[C@@H]3C2)N1c1ccccc1C. The van der Waals surface area contributed by atoms with Crippen molar-refractivity contribution in [2.24, 2.45) is 17.8 Å². The van der Waals surface area contributed by atoms with Gasteiger partial charge in [0.05, 0.1) is 17.0 Å². The van der Waals surface area contributed by atoms with Crippen molar-refractivity contribution in [3.8, 4) is 0 Å². The summed E-state index contributed by atoms with van der Waals surface area (Å²) < 4.78 is 0. The number of rotatable bonds is 6. The van der Waals surface area contributed by atoms with E-state index >= 15 is 0 Å². The van der Waals surface area contributed by atoms with Crippen LogP contribution in [0.3, 0.4) is 0 Å². The normalized spacial score (nSPS) is 27.1. The lowest BCUT2D eigenvalue weighted by Crippen LogP contribution is -2.42. The Balaban J connectivity index is 1.61. The first kappa shape index (κ1) is 20.4. The summed E-state index contributed by atoms with van der Waals surface area (Å²) in [7, 11) is 0. The summed E-state index contributed by atoms with van der Waals surface area (Å²) in [6.07, 6.45) is 3.93. The number of aryl methyl sites for hydroxylation is 1. The molecule has 5 nitrogen and oxygen atoms in total. The first-order valence-electron chi connectivity index (χ1n) is 11.7. The summed E-state index contributed by atoms with van der Waals surface area (Å²) in [6, 6.07) is 8.38. The number of amides is 1. The summed E-state index contributed by atoms with van der Waals surface area (Å²) >= 11 is 0. The van der Waals surface area contributed by atoms with Crippen LogP contribution >= 0.6 is 0 Å². The minimum atomic E-state index is 0.00324. The Morgan fingerprint density at radius 1 is 1.19 bits per heavy atom. The average Bonchev–Trinajstić information content (AvgIpc) is 3.11. The molecule has 5 rings (SSSR count). The number of nitrogens with one attached hydrogen (secondary N) is 1.